The molecule has 1 aromatic rings. The van der Waals surface area contributed by atoms with Crippen LogP contribution in [0.3, 0.4) is 0 Å². The molecule has 0 bridgehead atoms. The Morgan fingerprint density at radius 1 is 1.22 bits per heavy atom. The van der Waals surface area contributed by atoms with Crippen molar-refractivity contribution in [2.75, 3.05) is 37.7 Å². The van der Waals surface area contributed by atoms with Crippen molar-refractivity contribution in [1.29, 1.82) is 0 Å². The summed E-state index contributed by atoms with van der Waals surface area (Å²) in [5.41, 5.74) is 0.876. The lowest BCUT2D eigenvalue weighted by atomic mass is 10.1. The Kier molecular flexibility index (Phi) is 9.66. The highest BCUT2D eigenvalue weighted by atomic mass is 32.2. The van der Waals surface area contributed by atoms with E-state index in [2.05, 4.69) is 15.5 Å². The fourth-order valence-corrected chi connectivity index (χ4v) is 3.87. The van der Waals surface area contributed by atoms with Crippen molar-refractivity contribution in [2.45, 2.75) is 38.3 Å². The molecule has 1 atom stereocenters. The molecular weight excluding hydrogens is 362 g/mol. The molecule has 1 aromatic carbocycles. The SMILES string of the molecule is CCCNC(=O)CN1CCC(NC(=O)CSCC(O)c2ccccc2)CC1. The maximum atomic E-state index is 12.1. The Hall–Kier alpha value is -1.57. The van der Waals surface area contributed by atoms with Crippen LogP contribution in [0.5, 0.6) is 0 Å². The highest BCUT2D eigenvalue weighted by Crippen LogP contribution is 2.18. The number of hydrogen-bond acceptors (Lipinski definition) is 5. The first-order valence-electron chi connectivity index (χ1n) is 9.67. The summed E-state index contributed by atoms with van der Waals surface area (Å²) in [6.45, 7) is 4.85. The maximum absolute atomic E-state index is 12.1. The number of piperidine rings is 1. The molecule has 2 rings (SSSR count). The molecule has 0 spiro atoms. The van der Waals surface area contributed by atoms with Crippen LogP contribution >= 0.6 is 11.8 Å². The first kappa shape index (κ1) is 21.7. The van der Waals surface area contributed by atoms with E-state index in [0.29, 0.717) is 18.1 Å². The average molecular weight is 394 g/mol. The third-order valence-electron chi connectivity index (χ3n) is 4.59. The molecule has 0 aliphatic carbocycles. The molecule has 1 aliphatic heterocycles. The van der Waals surface area contributed by atoms with Gasteiger partial charge >= 0.3 is 0 Å². The predicted molar refractivity (Wildman–Crippen MR) is 110 cm³/mol. The van der Waals surface area contributed by atoms with Gasteiger partial charge in [-0.25, -0.2) is 0 Å². The second kappa shape index (κ2) is 12.0. The van der Waals surface area contributed by atoms with E-state index >= 15 is 0 Å². The van der Waals surface area contributed by atoms with Gasteiger partial charge in [0.1, 0.15) is 0 Å². The van der Waals surface area contributed by atoms with E-state index in [1.54, 1.807) is 0 Å². The van der Waals surface area contributed by atoms with E-state index in [9.17, 15) is 14.7 Å². The van der Waals surface area contributed by atoms with Gasteiger partial charge in [-0.2, -0.15) is 0 Å². The standard InChI is InChI=1S/C20H31N3O3S/c1-2-10-21-19(25)13-23-11-8-17(9-12-23)22-20(26)15-27-14-18(24)16-6-4-3-5-7-16/h3-7,17-18,24H,2,8-15H2,1H3,(H,21,25)(H,22,26). The van der Waals surface area contributed by atoms with E-state index in [1.807, 2.05) is 37.3 Å². The van der Waals surface area contributed by atoms with E-state index in [-0.39, 0.29) is 17.9 Å². The second-order valence-corrected chi connectivity index (χ2v) is 7.94. The number of carbonyl (C=O) groups is 2. The molecular formula is C20H31N3O3S. The molecule has 1 saturated heterocycles. The van der Waals surface area contributed by atoms with E-state index < -0.39 is 6.10 Å². The Morgan fingerprint density at radius 2 is 1.93 bits per heavy atom. The highest BCUT2D eigenvalue weighted by Gasteiger charge is 2.22. The Balaban J connectivity index is 1.58. The van der Waals surface area contributed by atoms with E-state index in [1.165, 1.54) is 11.8 Å². The first-order chi connectivity index (χ1) is 13.1. The fraction of sp³-hybridized carbons (Fsp3) is 0.600. The van der Waals surface area contributed by atoms with E-state index in [0.717, 1.165) is 44.5 Å². The molecule has 1 heterocycles. The minimum atomic E-state index is -0.550. The van der Waals surface area contributed by atoms with Gasteiger partial charge in [0.25, 0.3) is 0 Å². The van der Waals surface area contributed by atoms with E-state index in [4.69, 9.17) is 0 Å². The summed E-state index contributed by atoms with van der Waals surface area (Å²) in [5.74, 6) is 0.943. The Labute approximate surface area is 166 Å². The molecule has 0 aromatic heterocycles. The number of aliphatic hydroxyl groups excluding tert-OH is 1. The molecule has 1 aliphatic rings. The van der Waals surface area contributed by atoms with Gasteiger partial charge < -0.3 is 15.7 Å². The minimum absolute atomic E-state index is 0.0133. The van der Waals surface area contributed by atoms with Crippen LogP contribution in [0, 0.1) is 0 Å². The zero-order chi connectivity index (χ0) is 19.5. The molecule has 6 nitrogen and oxygen atoms in total. The van der Waals surface area contributed by atoms with Gasteiger partial charge in [0, 0.05) is 31.4 Å². The number of nitrogens with zero attached hydrogens (tertiary/aromatic N) is 1. The van der Waals surface area contributed by atoms with Gasteiger partial charge in [-0.15, -0.1) is 11.8 Å². The zero-order valence-corrected chi connectivity index (χ0v) is 16.8. The van der Waals surface area contributed by atoms with Crippen molar-refractivity contribution in [1.82, 2.24) is 15.5 Å². The summed E-state index contributed by atoms with van der Waals surface area (Å²) in [6, 6.07) is 9.67. The lowest BCUT2D eigenvalue weighted by Gasteiger charge is -2.31. The molecule has 2 amide bonds. The molecule has 1 unspecified atom stereocenters. The summed E-state index contributed by atoms with van der Waals surface area (Å²) in [4.78, 5) is 26.0. The quantitative estimate of drug-likeness (QED) is 0.562. The van der Waals surface area contributed by atoms with Crippen molar-refractivity contribution < 1.29 is 14.7 Å². The maximum Gasteiger partial charge on any atom is 0.234 e. The van der Waals surface area contributed by atoms with Gasteiger partial charge in [0.2, 0.25) is 11.8 Å². The van der Waals surface area contributed by atoms with Crippen LogP contribution in [0.1, 0.15) is 37.9 Å². The van der Waals surface area contributed by atoms with Crippen molar-refractivity contribution in [3.8, 4) is 0 Å². The monoisotopic (exact) mass is 393 g/mol. The molecule has 1 fully saturated rings. The van der Waals surface area contributed by atoms with Crippen molar-refractivity contribution in [3.63, 3.8) is 0 Å². The number of carbonyl (C=O) groups excluding carboxylic acids is 2. The molecule has 27 heavy (non-hydrogen) atoms. The Bertz CT molecular complexity index is 577. The summed E-state index contributed by atoms with van der Waals surface area (Å²) < 4.78 is 0. The van der Waals surface area contributed by atoms with Crippen LogP contribution in [0.25, 0.3) is 0 Å². The van der Waals surface area contributed by atoms with Gasteiger partial charge in [-0.05, 0) is 24.8 Å². The molecule has 7 heteroatoms. The minimum Gasteiger partial charge on any atom is -0.388 e. The summed E-state index contributed by atoms with van der Waals surface area (Å²) in [5, 5.41) is 16.1. The lowest BCUT2D eigenvalue weighted by molar-refractivity contribution is -0.123. The third-order valence-corrected chi connectivity index (χ3v) is 5.60. The number of rotatable bonds is 10. The number of aliphatic hydroxyl groups is 1. The van der Waals surface area contributed by atoms with Crippen LogP contribution in [0.15, 0.2) is 30.3 Å². The number of amides is 2. The lowest BCUT2D eigenvalue weighted by Crippen LogP contribution is -2.47. The molecule has 3 N–H and O–H groups in total. The highest BCUT2D eigenvalue weighted by molar-refractivity contribution is 7.99. The fourth-order valence-electron chi connectivity index (χ4n) is 3.06. The van der Waals surface area contributed by atoms with Gasteiger partial charge in [-0.3, -0.25) is 14.5 Å². The molecule has 0 radical (unpaired) electrons. The second-order valence-electron chi connectivity index (χ2n) is 6.91. The summed E-state index contributed by atoms with van der Waals surface area (Å²) in [7, 11) is 0. The normalized spacial score (nSPS) is 16.7. The van der Waals surface area contributed by atoms with Crippen LogP contribution in [-0.4, -0.2) is 65.5 Å². The van der Waals surface area contributed by atoms with Crippen LogP contribution in [0.2, 0.25) is 0 Å². The molecule has 0 saturated carbocycles. The topological polar surface area (TPSA) is 81.7 Å². The van der Waals surface area contributed by atoms with Crippen LogP contribution < -0.4 is 10.6 Å². The largest absolute Gasteiger partial charge is 0.388 e. The van der Waals surface area contributed by atoms with Crippen LogP contribution in [-0.2, 0) is 9.59 Å². The van der Waals surface area contributed by atoms with Crippen molar-refractivity contribution in [2.24, 2.45) is 0 Å². The third kappa shape index (κ3) is 8.32. The predicted octanol–water partition coefficient (Wildman–Crippen LogP) is 1.56. The zero-order valence-electron chi connectivity index (χ0n) is 16.0. The van der Waals surface area contributed by atoms with Crippen LogP contribution in [0.4, 0.5) is 0 Å². The Morgan fingerprint density at radius 3 is 2.59 bits per heavy atom. The first-order valence-corrected chi connectivity index (χ1v) is 10.8. The number of likely N-dealkylation sites (tertiary alicyclic amines) is 1. The van der Waals surface area contributed by atoms with Gasteiger partial charge in [0.15, 0.2) is 0 Å². The summed E-state index contributed by atoms with van der Waals surface area (Å²) in [6.07, 6.45) is 2.13. The number of nitrogens with one attached hydrogen (secondary N) is 2. The smallest absolute Gasteiger partial charge is 0.234 e. The summed E-state index contributed by atoms with van der Waals surface area (Å²) >= 11 is 1.44. The average Bonchev–Trinajstić information content (AvgIpc) is 2.68. The number of benzene rings is 1. The number of hydrogen-bond donors (Lipinski definition) is 3. The van der Waals surface area contributed by atoms with Gasteiger partial charge in [0.05, 0.1) is 18.4 Å². The number of thioether (sulfide) groups is 1. The molecule has 150 valence electrons. The van der Waals surface area contributed by atoms with Gasteiger partial charge in [-0.1, -0.05) is 37.3 Å². The van der Waals surface area contributed by atoms with Crippen molar-refractivity contribution >= 4 is 23.6 Å². The van der Waals surface area contributed by atoms with Crippen molar-refractivity contribution in [3.05, 3.63) is 35.9 Å².